The lowest BCUT2D eigenvalue weighted by molar-refractivity contribution is -0.137. The predicted molar refractivity (Wildman–Crippen MR) is 88.1 cm³/mol. The van der Waals surface area contributed by atoms with Crippen LogP contribution in [0.15, 0.2) is 36.5 Å². The van der Waals surface area contributed by atoms with Crippen LogP contribution in [0.4, 0.5) is 23.4 Å². The van der Waals surface area contributed by atoms with Gasteiger partial charge >= 0.3 is 6.18 Å². The number of hydrogen-bond donors (Lipinski definition) is 0. The van der Waals surface area contributed by atoms with Gasteiger partial charge in [-0.1, -0.05) is 29.8 Å². The number of nitrogens with zero attached hydrogens (tertiary/aromatic N) is 3. The molecule has 0 atom stereocenters. The topological polar surface area (TPSA) is 19.4 Å². The van der Waals surface area contributed by atoms with Gasteiger partial charge in [0.15, 0.2) is 0 Å². The lowest BCUT2D eigenvalue weighted by Crippen LogP contribution is -2.46. The minimum absolute atomic E-state index is 0.0163. The minimum Gasteiger partial charge on any atom is -0.353 e. The van der Waals surface area contributed by atoms with Gasteiger partial charge in [0, 0.05) is 44.5 Å². The molecule has 1 aliphatic rings. The van der Waals surface area contributed by atoms with Gasteiger partial charge in [0.1, 0.15) is 11.6 Å². The molecule has 0 bridgehead atoms. The summed E-state index contributed by atoms with van der Waals surface area (Å²) < 4.78 is 51.8. The summed E-state index contributed by atoms with van der Waals surface area (Å²) in [5, 5.41) is -0.0163. The van der Waals surface area contributed by atoms with E-state index >= 15 is 0 Å². The Kier molecular flexibility index (Phi) is 5.15. The normalized spacial score (nSPS) is 16.3. The number of anilines is 1. The van der Waals surface area contributed by atoms with Gasteiger partial charge in [-0.15, -0.1) is 0 Å². The highest BCUT2D eigenvalue weighted by molar-refractivity contribution is 6.33. The van der Waals surface area contributed by atoms with Crippen LogP contribution in [0.1, 0.15) is 11.1 Å². The number of halogens is 5. The molecule has 0 aliphatic carbocycles. The van der Waals surface area contributed by atoms with Gasteiger partial charge in [0.05, 0.1) is 10.6 Å². The molecule has 8 heteroatoms. The molecule has 1 aromatic heterocycles. The second-order valence-corrected chi connectivity index (χ2v) is 6.29. The van der Waals surface area contributed by atoms with E-state index in [1.54, 1.807) is 18.2 Å². The molecular weight excluding hydrogens is 358 g/mol. The molecule has 1 fully saturated rings. The first-order chi connectivity index (χ1) is 11.8. The summed E-state index contributed by atoms with van der Waals surface area (Å²) in [6, 6.07) is 7.51. The zero-order chi connectivity index (χ0) is 18.0. The van der Waals surface area contributed by atoms with E-state index < -0.39 is 11.7 Å². The third-order valence-electron chi connectivity index (χ3n) is 4.17. The van der Waals surface area contributed by atoms with Crippen molar-refractivity contribution >= 4 is 17.4 Å². The summed E-state index contributed by atoms with van der Waals surface area (Å²) in [5.41, 5.74) is -0.235. The van der Waals surface area contributed by atoms with E-state index in [4.69, 9.17) is 11.6 Å². The number of hydrogen-bond acceptors (Lipinski definition) is 3. The van der Waals surface area contributed by atoms with Gasteiger partial charge in [0.25, 0.3) is 0 Å². The van der Waals surface area contributed by atoms with Crippen molar-refractivity contribution in [3.8, 4) is 0 Å². The van der Waals surface area contributed by atoms with E-state index in [0.717, 1.165) is 12.3 Å². The minimum atomic E-state index is -4.46. The van der Waals surface area contributed by atoms with Crippen LogP contribution in [0, 0.1) is 5.82 Å². The zero-order valence-corrected chi connectivity index (χ0v) is 14.0. The Morgan fingerprint density at radius 2 is 1.76 bits per heavy atom. The Labute approximate surface area is 147 Å². The predicted octanol–water partition coefficient (Wildman–Crippen LogP) is 4.22. The molecule has 0 saturated carbocycles. The molecule has 1 aliphatic heterocycles. The largest absolute Gasteiger partial charge is 0.417 e. The molecule has 0 spiro atoms. The van der Waals surface area contributed by atoms with E-state index in [1.165, 1.54) is 6.07 Å². The monoisotopic (exact) mass is 373 g/mol. The Morgan fingerprint density at radius 1 is 1.08 bits per heavy atom. The van der Waals surface area contributed by atoms with Crippen molar-refractivity contribution < 1.29 is 17.6 Å². The first-order valence-corrected chi connectivity index (χ1v) is 8.16. The summed E-state index contributed by atoms with van der Waals surface area (Å²) in [7, 11) is 0. The van der Waals surface area contributed by atoms with E-state index in [1.807, 2.05) is 4.90 Å². The van der Waals surface area contributed by atoms with Crippen LogP contribution in [-0.2, 0) is 12.7 Å². The van der Waals surface area contributed by atoms with Crippen molar-refractivity contribution in [3.05, 3.63) is 58.5 Å². The van der Waals surface area contributed by atoms with Gasteiger partial charge in [-0.3, -0.25) is 4.90 Å². The lowest BCUT2D eigenvalue weighted by atomic mass is 10.2. The summed E-state index contributed by atoms with van der Waals surface area (Å²) in [5.74, 6) is 0.109. The number of benzene rings is 1. The maximum absolute atomic E-state index is 13.7. The van der Waals surface area contributed by atoms with Crippen LogP contribution < -0.4 is 4.90 Å². The Bertz CT molecular complexity index is 743. The van der Waals surface area contributed by atoms with Crippen LogP contribution >= 0.6 is 11.6 Å². The fourth-order valence-electron chi connectivity index (χ4n) is 2.80. The molecule has 0 N–H and O–H groups in total. The van der Waals surface area contributed by atoms with Crippen molar-refractivity contribution in [3.63, 3.8) is 0 Å². The second-order valence-electron chi connectivity index (χ2n) is 5.88. The highest BCUT2D eigenvalue weighted by Crippen LogP contribution is 2.33. The average molecular weight is 374 g/mol. The van der Waals surface area contributed by atoms with E-state index in [-0.39, 0.29) is 10.8 Å². The molecule has 25 heavy (non-hydrogen) atoms. The van der Waals surface area contributed by atoms with Crippen LogP contribution in [0.25, 0.3) is 0 Å². The molecule has 1 saturated heterocycles. The quantitative estimate of drug-likeness (QED) is 0.751. The highest BCUT2D eigenvalue weighted by atomic mass is 35.5. The third kappa shape index (κ3) is 4.22. The van der Waals surface area contributed by atoms with Crippen molar-refractivity contribution in [2.24, 2.45) is 0 Å². The van der Waals surface area contributed by atoms with Crippen molar-refractivity contribution in [1.29, 1.82) is 0 Å². The fraction of sp³-hybridized carbons (Fsp3) is 0.353. The van der Waals surface area contributed by atoms with E-state index in [0.29, 0.717) is 44.1 Å². The SMILES string of the molecule is Fc1ccccc1CN1CCN(c2ncc(C(F)(F)F)cc2Cl)CC1. The molecule has 0 unspecified atom stereocenters. The Morgan fingerprint density at radius 3 is 2.36 bits per heavy atom. The van der Waals surface area contributed by atoms with Crippen LogP contribution in [-0.4, -0.2) is 36.1 Å². The molecule has 0 radical (unpaired) electrons. The molecule has 1 aromatic carbocycles. The molecule has 0 amide bonds. The summed E-state index contributed by atoms with van der Waals surface area (Å²) in [6.07, 6.45) is -3.67. The molecule has 3 nitrogen and oxygen atoms in total. The fourth-order valence-corrected chi connectivity index (χ4v) is 3.09. The van der Waals surface area contributed by atoms with Gasteiger partial charge in [-0.25, -0.2) is 9.37 Å². The number of pyridine rings is 1. The average Bonchev–Trinajstić information content (AvgIpc) is 2.57. The molecule has 2 aromatic rings. The van der Waals surface area contributed by atoms with Gasteiger partial charge < -0.3 is 4.90 Å². The number of aromatic nitrogens is 1. The number of piperazine rings is 1. The third-order valence-corrected chi connectivity index (χ3v) is 4.45. The van der Waals surface area contributed by atoms with Crippen LogP contribution in [0.3, 0.4) is 0 Å². The second kappa shape index (κ2) is 7.17. The first-order valence-electron chi connectivity index (χ1n) is 7.78. The molecule has 134 valence electrons. The molecule has 2 heterocycles. The van der Waals surface area contributed by atoms with Crippen molar-refractivity contribution in [2.45, 2.75) is 12.7 Å². The summed E-state index contributed by atoms with van der Waals surface area (Å²) in [4.78, 5) is 7.82. The van der Waals surface area contributed by atoms with Gasteiger partial charge in [-0.05, 0) is 12.1 Å². The Hall–Kier alpha value is -1.86. The zero-order valence-electron chi connectivity index (χ0n) is 13.2. The first kappa shape index (κ1) is 17.9. The van der Waals surface area contributed by atoms with Gasteiger partial charge in [-0.2, -0.15) is 13.2 Å². The van der Waals surface area contributed by atoms with Crippen LogP contribution in [0.2, 0.25) is 5.02 Å². The van der Waals surface area contributed by atoms with Gasteiger partial charge in [0.2, 0.25) is 0 Å². The van der Waals surface area contributed by atoms with E-state index in [9.17, 15) is 17.6 Å². The number of rotatable bonds is 3. The smallest absolute Gasteiger partial charge is 0.353 e. The summed E-state index contributed by atoms with van der Waals surface area (Å²) in [6.45, 7) is 2.91. The Balaban J connectivity index is 1.64. The van der Waals surface area contributed by atoms with Crippen molar-refractivity contribution in [1.82, 2.24) is 9.88 Å². The van der Waals surface area contributed by atoms with Crippen molar-refractivity contribution in [2.75, 3.05) is 31.1 Å². The lowest BCUT2D eigenvalue weighted by Gasteiger charge is -2.35. The highest BCUT2D eigenvalue weighted by Gasteiger charge is 2.32. The summed E-state index contributed by atoms with van der Waals surface area (Å²) >= 11 is 5.99. The molecule has 3 rings (SSSR count). The molecular formula is C17H16ClF4N3. The van der Waals surface area contributed by atoms with E-state index in [2.05, 4.69) is 9.88 Å². The maximum Gasteiger partial charge on any atom is 0.417 e. The standard InChI is InChI=1S/C17H16ClF4N3/c18-14-9-13(17(20,21)22)10-23-16(14)25-7-5-24(6-8-25)11-12-3-1-2-4-15(12)19/h1-4,9-10H,5-8,11H2. The number of alkyl halides is 3. The van der Waals surface area contributed by atoms with Crippen LogP contribution in [0.5, 0.6) is 0 Å². The maximum atomic E-state index is 13.7.